The molecule has 10 heteroatoms. The van der Waals surface area contributed by atoms with Gasteiger partial charge in [-0.2, -0.15) is 22.8 Å². The minimum Gasteiger partial charge on any atom is -0.368 e. The van der Waals surface area contributed by atoms with E-state index in [9.17, 15) is 13.2 Å². The Morgan fingerprint density at radius 3 is 2.50 bits per heavy atom. The molecular formula is C14H10F3IN6. The number of pyridine rings is 1. The highest BCUT2D eigenvalue weighted by molar-refractivity contribution is 14.1. The molecule has 1 aromatic carbocycles. The molecule has 2 heterocycles. The van der Waals surface area contributed by atoms with Gasteiger partial charge in [0.25, 0.3) is 0 Å². The van der Waals surface area contributed by atoms with E-state index in [1.54, 1.807) is 0 Å². The highest BCUT2D eigenvalue weighted by Crippen LogP contribution is 2.28. The van der Waals surface area contributed by atoms with Crippen LogP contribution in [0.2, 0.25) is 0 Å². The van der Waals surface area contributed by atoms with E-state index in [0.29, 0.717) is 0 Å². The largest absolute Gasteiger partial charge is 0.433 e. The van der Waals surface area contributed by atoms with E-state index in [4.69, 9.17) is 5.73 Å². The van der Waals surface area contributed by atoms with E-state index < -0.39 is 11.9 Å². The van der Waals surface area contributed by atoms with E-state index in [1.165, 1.54) is 12.1 Å². The molecule has 0 aliphatic rings. The summed E-state index contributed by atoms with van der Waals surface area (Å²) in [5, 5.41) is 7.04. The molecule has 0 spiro atoms. The number of alkyl halides is 3. The Morgan fingerprint density at radius 2 is 1.79 bits per heavy atom. The molecule has 0 saturated carbocycles. The maximum atomic E-state index is 12.8. The molecule has 0 aliphatic heterocycles. The van der Waals surface area contributed by atoms with Gasteiger partial charge in [-0.25, -0.2) is 4.98 Å². The van der Waals surface area contributed by atoms with Gasteiger partial charge in [-0.15, -0.1) is 5.10 Å². The van der Waals surface area contributed by atoms with Crippen LogP contribution in [0.1, 0.15) is 5.69 Å². The molecule has 6 nitrogen and oxygen atoms in total. The van der Waals surface area contributed by atoms with Crippen LogP contribution in [0.4, 0.5) is 30.8 Å². The fourth-order valence-electron chi connectivity index (χ4n) is 1.93. The zero-order valence-electron chi connectivity index (χ0n) is 11.9. The zero-order valence-corrected chi connectivity index (χ0v) is 14.1. The summed E-state index contributed by atoms with van der Waals surface area (Å²) in [5.41, 5.74) is 5.48. The predicted molar refractivity (Wildman–Crippen MR) is 91.0 cm³/mol. The molecule has 0 bridgehead atoms. The van der Waals surface area contributed by atoms with E-state index >= 15 is 0 Å². The third kappa shape index (κ3) is 3.42. The number of nitrogens with two attached hydrogens (primary N) is 1. The second kappa shape index (κ2) is 6.26. The quantitative estimate of drug-likeness (QED) is 0.601. The molecule has 0 unspecified atom stereocenters. The molecule has 0 fully saturated rings. The van der Waals surface area contributed by atoms with Crippen LogP contribution in [0, 0.1) is 3.57 Å². The third-order valence-corrected chi connectivity index (χ3v) is 3.94. The fraction of sp³-hybridized carbons (Fsp3) is 0.0714. The lowest BCUT2D eigenvalue weighted by atomic mass is 10.3. The van der Waals surface area contributed by atoms with Gasteiger partial charge in [-0.05, 0) is 46.9 Å². The van der Waals surface area contributed by atoms with Gasteiger partial charge >= 0.3 is 6.18 Å². The van der Waals surface area contributed by atoms with Crippen LogP contribution in [0.3, 0.4) is 0 Å². The predicted octanol–water partition coefficient (Wildman–Crippen LogP) is 3.61. The first-order valence-corrected chi connectivity index (χ1v) is 7.71. The van der Waals surface area contributed by atoms with Crippen molar-refractivity contribution >= 4 is 40.2 Å². The first-order valence-electron chi connectivity index (χ1n) is 6.63. The minimum atomic E-state index is -4.55. The summed E-state index contributed by atoms with van der Waals surface area (Å²) in [5.74, 6) is 0.0247. The average molecular weight is 446 g/mol. The van der Waals surface area contributed by atoms with Crippen molar-refractivity contribution in [3.63, 3.8) is 0 Å². The Morgan fingerprint density at radius 1 is 1.04 bits per heavy atom. The number of nitrogens with one attached hydrogen (secondary N) is 1. The second-order valence-electron chi connectivity index (χ2n) is 4.69. The number of rotatable bonds is 3. The van der Waals surface area contributed by atoms with Crippen molar-refractivity contribution in [1.82, 2.24) is 19.7 Å². The maximum Gasteiger partial charge on any atom is 0.433 e. The molecule has 3 aromatic rings. The molecule has 3 N–H and O–H groups in total. The van der Waals surface area contributed by atoms with E-state index in [2.05, 4.69) is 43.0 Å². The van der Waals surface area contributed by atoms with Crippen molar-refractivity contribution in [3.8, 4) is 5.82 Å². The van der Waals surface area contributed by atoms with Crippen molar-refractivity contribution in [2.24, 2.45) is 0 Å². The molecule has 0 aliphatic carbocycles. The van der Waals surface area contributed by atoms with Gasteiger partial charge in [0.2, 0.25) is 11.9 Å². The maximum absolute atomic E-state index is 12.8. The molecular weight excluding hydrogens is 436 g/mol. The lowest BCUT2D eigenvalue weighted by molar-refractivity contribution is -0.141. The average Bonchev–Trinajstić information content (AvgIpc) is 2.89. The summed E-state index contributed by atoms with van der Waals surface area (Å²) < 4.78 is 40.3. The van der Waals surface area contributed by atoms with Crippen molar-refractivity contribution in [3.05, 3.63) is 51.7 Å². The van der Waals surface area contributed by atoms with Gasteiger partial charge in [-0.1, -0.05) is 18.2 Å². The second-order valence-corrected chi connectivity index (χ2v) is 5.85. The van der Waals surface area contributed by atoms with Crippen LogP contribution in [0.25, 0.3) is 5.82 Å². The standard InChI is InChI=1S/C14H10F3IN6/c15-14(16,17)10-6-3-7-11(21-10)24-12(19)22-13(23-24)20-9-5-2-1-4-8(9)18/h1-7H,(H3,19,20,22,23). The smallest absolute Gasteiger partial charge is 0.368 e. The van der Waals surface area contributed by atoms with Crippen LogP contribution in [0.15, 0.2) is 42.5 Å². The lowest BCUT2D eigenvalue weighted by Crippen LogP contribution is -2.11. The Kier molecular flexibility index (Phi) is 4.30. The number of hydrogen-bond acceptors (Lipinski definition) is 5. The molecule has 124 valence electrons. The molecule has 24 heavy (non-hydrogen) atoms. The zero-order chi connectivity index (χ0) is 17.3. The van der Waals surface area contributed by atoms with Crippen LogP contribution >= 0.6 is 22.6 Å². The highest BCUT2D eigenvalue weighted by atomic mass is 127. The van der Waals surface area contributed by atoms with Gasteiger partial charge in [0.15, 0.2) is 5.82 Å². The number of nitrogen functional groups attached to an aromatic ring is 1. The summed E-state index contributed by atoms with van der Waals surface area (Å²) in [7, 11) is 0. The van der Waals surface area contributed by atoms with E-state index in [-0.39, 0.29) is 17.7 Å². The number of benzene rings is 1. The molecule has 0 atom stereocenters. The molecule has 0 saturated heterocycles. The SMILES string of the molecule is Nc1nc(Nc2ccccc2I)nn1-c1cccc(C(F)(F)F)n1. The van der Waals surface area contributed by atoms with Crippen LogP contribution < -0.4 is 11.1 Å². The monoisotopic (exact) mass is 446 g/mol. The summed E-state index contributed by atoms with van der Waals surface area (Å²) in [4.78, 5) is 7.55. The Bertz CT molecular complexity index is 877. The van der Waals surface area contributed by atoms with Gasteiger partial charge in [0.1, 0.15) is 5.69 Å². The van der Waals surface area contributed by atoms with Crippen molar-refractivity contribution in [1.29, 1.82) is 0 Å². The number of anilines is 3. The van der Waals surface area contributed by atoms with Crippen LogP contribution in [-0.2, 0) is 6.18 Å². The lowest BCUT2D eigenvalue weighted by Gasteiger charge is -2.07. The van der Waals surface area contributed by atoms with E-state index in [0.717, 1.165) is 20.0 Å². The van der Waals surface area contributed by atoms with Crippen LogP contribution in [-0.4, -0.2) is 19.7 Å². The minimum absolute atomic E-state index is 0.0642. The number of aromatic nitrogens is 4. The Labute approximate surface area is 148 Å². The molecule has 0 radical (unpaired) electrons. The van der Waals surface area contributed by atoms with Gasteiger partial charge in [0.05, 0.1) is 5.69 Å². The number of hydrogen-bond donors (Lipinski definition) is 2. The number of nitrogens with zero attached hydrogens (tertiary/aromatic N) is 4. The Hall–Kier alpha value is -2.37. The van der Waals surface area contributed by atoms with E-state index in [1.807, 2.05) is 24.3 Å². The van der Waals surface area contributed by atoms with Gasteiger partial charge in [-0.3, -0.25) is 0 Å². The molecule has 2 aromatic heterocycles. The van der Waals surface area contributed by atoms with Crippen molar-refractivity contribution < 1.29 is 13.2 Å². The highest BCUT2D eigenvalue weighted by Gasteiger charge is 2.32. The van der Waals surface area contributed by atoms with Crippen molar-refractivity contribution in [2.45, 2.75) is 6.18 Å². The topological polar surface area (TPSA) is 81.6 Å². The first-order chi connectivity index (χ1) is 11.3. The van der Waals surface area contributed by atoms with Gasteiger partial charge < -0.3 is 11.1 Å². The fourth-order valence-corrected chi connectivity index (χ4v) is 2.45. The first kappa shape index (κ1) is 16.5. The summed E-state index contributed by atoms with van der Waals surface area (Å²) >= 11 is 2.13. The normalized spacial score (nSPS) is 11.5. The molecule has 0 amide bonds. The Balaban J connectivity index is 1.94. The van der Waals surface area contributed by atoms with Crippen molar-refractivity contribution in [2.75, 3.05) is 11.1 Å². The summed E-state index contributed by atoms with van der Waals surface area (Å²) in [6, 6.07) is 10.9. The number of para-hydroxylation sites is 1. The third-order valence-electron chi connectivity index (χ3n) is 2.99. The summed E-state index contributed by atoms with van der Waals surface area (Å²) in [6.07, 6.45) is -4.55. The summed E-state index contributed by atoms with van der Waals surface area (Å²) in [6.45, 7) is 0. The number of halogens is 4. The molecule has 3 rings (SSSR count). The van der Waals surface area contributed by atoms with Crippen LogP contribution in [0.5, 0.6) is 0 Å². The van der Waals surface area contributed by atoms with Gasteiger partial charge in [0, 0.05) is 3.57 Å².